The Morgan fingerprint density at radius 1 is 0.818 bits per heavy atom. The molecule has 0 spiro atoms. The second-order valence-electron chi connectivity index (χ2n) is 4.06. The van der Waals surface area contributed by atoms with Gasteiger partial charge in [-0.1, -0.05) is 23.7 Å². The minimum Gasteiger partial charge on any atom is -0.478 e. The summed E-state index contributed by atoms with van der Waals surface area (Å²) in [6, 6.07) is 2.53. The Hall–Kier alpha value is -2.14. The van der Waals surface area contributed by atoms with Crippen molar-refractivity contribution in [2.24, 2.45) is 0 Å². The lowest BCUT2D eigenvalue weighted by Gasteiger charge is -2.12. The zero-order valence-electron chi connectivity index (χ0n) is 11.4. The molecule has 0 atom stereocenters. The normalized spacial score (nSPS) is 9.18. The van der Waals surface area contributed by atoms with E-state index in [1.807, 2.05) is 0 Å². The van der Waals surface area contributed by atoms with Crippen LogP contribution in [0, 0.1) is 23.7 Å². The molecule has 0 unspecified atom stereocenters. The van der Waals surface area contributed by atoms with Crippen molar-refractivity contribution in [1.29, 1.82) is 0 Å². The number of aromatic carboxylic acids is 2. The van der Waals surface area contributed by atoms with Crippen molar-refractivity contribution in [3.05, 3.63) is 34.4 Å². The largest absolute Gasteiger partial charge is 0.478 e. The molecule has 1 rings (SSSR count). The Morgan fingerprint density at radius 3 is 1.45 bits per heavy atom. The molecule has 114 valence electrons. The van der Waals surface area contributed by atoms with Gasteiger partial charge in [0.1, 0.15) is 0 Å². The molecular formula is C16H12Cl2O4. The van der Waals surface area contributed by atoms with E-state index >= 15 is 0 Å². The molecule has 22 heavy (non-hydrogen) atoms. The number of carboxylic acids is 2. The first kappa shape index (κ1) is 17.9. The highest BCUT2D eigenvalue weighted by Gasteiger charge is 2.19. The molecule has 0 aliphatic rings. The number of carbonyl (C=O) groups is 2. The van der Waals surface area contributed by atoms with Gasteiger partial charge < -0.3 is 10.2 Å². The van der Waals surface area contributed by atoms with E-state index in [0.29, 0.717) is 11.1 Å². The lowest BCUT2D eigenvalue weighted by Crippen LogP contribution is -2.11. The van der Waals surface area contributed by atoms with Crippen molar-refractivity contribution in [3.8, 4) is 23.7 Å². The summed E-state index contributed by atoms with van der Waals surface area (Å²) in [5.41, 5.74) is 0.705. The zero-order valence-corrected chi connectivity index (χ0v) is 13.0. The second kappa shape index (κ2) is 9.00. The molecule has 0 saturated carbocycles. The van der Waals surface area contributed by atoms with Crippen molar-refractivity contribution < 1.29 is 19.8 Å². The van der Waals surface area contributed by atoms with Gasteiger partial charge in [0.15, 0.2) is 0 Å². The number of rotatable bonds is 4. The number of benzene rings is 1. The van der Waals surface area contributed by atoms with Gasteiger partial charge in [0, 0.05) is 12.8 Å². The lowest BCUT2D eigenvalue weighted by atomic mass is 9.92. The van der Waals surface area contributed by atoms with Crippen LogP contribution < -0.4 is 0 Å². The molecule has 0 bridgehead atoms. The summed E-state index contributed by atoms with van der Waals surface area (Å²) in [5.74, 6) is 8.64. The molecule has 0 aliphatic carbocycles. The Kier molecular flexibility index (Phi) is 7.32. The molecule has 0 aromatic heterocycles. The summed E-state index contributed by atoms with van der Waals surface area (Å²) in [6.45, 7) is 0. The van der Waals surface area contributed by atoms with Crippen LogP contribution in [-0.4, -0.2) is 33.9 Å². The van der Waals surface area contributed by atoms with E-state index in [1.54, 1.807) is 0 Å². The summed E-state index contributed by atoms with van der Waals surface area (Å²) in [4.78, 5) is 22.7. The predicted octanol–water partition coefficient (Wildman–Crippen LogP) is 2.65. The van der Waals surface area contributed by atoms with Crippen LogP contribution in [-0.2, 0) is 12.8 Å². The maximum absolute atomic E-state index is 11.3. The quantitative estimate of drug-likeness (QED) is 0.653. The first-order valence-corrected chi connectivity index (χ1v) is 7.24. The summed E-state index contributed by atoms with van der Waals surface area (Å²) >= 11 is 10.9. The summed E-state index contributed by atoms with van der Waals surface area (Å²) in [7, 11) is 0. The third-order valence-corrected chi connectivity index (χ3v) is 3.07. The van der Waals surface area contributed by atoms with Crippen molar-refractivity contribution >= 4 is 35.1 Å². The molecule has 0 aliphatic heterocycles. The van der Waals surface area contributed by atoms with Crippen LogP contribution in [0.3, 0.4) is 0 Å². The number of hydrogen-bond acceptors (Lipinski definition) is 2. The summed E-state index contributed by atoms with van der Waals surface area (Å²) < 4.78 is 0. The number of carboxylic acid groups (broad SMARTS) is 2. The highest BCUT2D eigenvalue weighted by atomic mass is 35.5. The van der Waals surface area contributed by atoms with Gasteiger partial charge in [-0.2, -0.15) is 0 Å². The molecule has 0 amide bonds. The lowest BCUT2D eigenvalue weighted by molar-refractivity contribution is 0.0679. The van der Waals surface area contributed by atoms with Crippen molar-refractivity contribution in [1.82, 2.24) is 0 Å². The van der Waals surface area contributed by atoms with E-state index in [-0.39, 0.29) is 35.7 Å². The van der Waals surface area contributed by atoms with Crippen LogP contribution in [0.1, 0.15) is 31.8 Å². The van der Waals surface area contributed by atoms with Gasteiger partial charge in [0.2, 0.25) is 0 Å². The average molecular weight is 339 g/mol. The van der Waals surface area contributed by atoms with Crippen LogP contribution in [0.2, 0.25) is 0 Å². The highest BCUT2D eigenvalue weighted by Crippen LogP contribution is 2.21. The van der Waals surface area contributed by atoms with E-state index in [9.17, 15) is 19.8 Å². The van der Waals surface area contributed by atoms with E-state index in [2.05, 4.69) is 23.7 Å². The van der Waals surface area contributed by atoms with Gasteiger partial charge in [-0.3, -0.25) is 0 Å². The Balaban J connectivity index is 3.49. The first-order chi connectivity index (χ1) is 10.5. The summed E-state index contributed by atoms with van der Waals surface area (Å²) in [6.07, 6.45) is 0.181. The first-order valence-electron chi connectivity index (χ1n) is 6.17. The monoisotopic (exact) mass is 338 g/mol. The minimum absolute atomic E-state index is 0.0107. The average Bonchev–Trinajstić information content (AvgIpc) is 2.47. The molecule has 0 heterocycles. The fourth-order valence-corrected chi connectivity index (χ4v) is 2.08. The van der Waals surface area contributed by atoms with E-state index < -0.39 is 11.9 Å². The molecule has 0 saturated heterocycles. The van der Waals surface area contributed by atoms with Gasteiger partial charge in [-0.15, -0.1) is 23.2 Å². The molecule has 2 N–H and O–H groups in total. The zero-order chi connectivity index (χ0) is 16.5. The highest BCUT2D eigenvalue weighted by molar-refractivity contribution is 6.19. The molecule has 0 radical (unpaired) electrons. The molecule has 1 aromatic carbocycles. The maximum Gasteiger partial charge on any atom is 0.336 e. The Morgan fingerprint density at radius 2 is 1.18 bits per heavy atom. The van der Waals surface area contributed by atoms with E-state index in [1.165, 1.54) is 12.1 Å². The van der Waals surface area contributed by atoms with Crippen LogP contribution in [0.15, 0.2) is 12.1 Å². The van der Waals surface area contributed by atoms with Crippen molar-refractivity contribution in [2.45, 2.75) is 12.8 Å². The van der Waals surface area contributed by atoms with Crippen molar-refractivity contribution in [3.63, 3.8) is 0 Å². The minimum atomic E-state index is -1.15. The standard InChI is InChI=1S/C16H12Cl2O4/c17-9-3-1-5-11-12(6-2-4-10-18)14(16(21)22)8-7-13(11)15(19)20/h7-8H,5-6,9-10H2,(H,19,20)(H,21,22). The molecule has 0 fully saturated rings. The van der Waals surface area contributed by atoms with Crippen LogP contribution in [0.4, 0.5) is 0 Å². The fourth-order valence-electron chi connectivity index (χ4n) is 1.89. The Bertz CT molecular complexity index is 642. The molecule has 1 aromatic rings. The fraction of sp³-hybridized carbons (Fsp3) is 0.250. The van der Waals surface area contributed by atoms with Gasteiger partial charge in [-0.05, 0) is 23.3 Å². The van der Waals surface area contributed by atoms with Gasteiger partial charge in [0.25, 0.3) is 0 Å². The van der Waals surface area contributed by atoms with Crippen LogP contribution >= 0.6 is 23.2 Å². The van der Waals surface area contributed by atoms with Gasteiger partial charge in [0.05, 0.1) is 22.9 Å². The maximum atomic E-state index is 11.3. The Labute approximate surface area is 138 Å². The van der Waals surface area contributed by atoms with Crippen LogP contribution in [0.25, 0.3) is 0 Å². The SMILES string of the molecule is O=C(O)c1ccc(C(=O)O)c(CC#CCCl)c1CC#CCCl. The van der Waals surface area contributed by atoms with Crippen LogP contribution in [0.5, 0.6) is 0 Å². The molecule has 6 heteroatoms. The third-order valence-electron chi connectivity index (χ3n) is 2.81. The smallest absolute Gasteiger partial charge is 0.336 e. The number of halogens is 2. The van der Waals surface area contributed by atoms with E-state index in [0.717, 1.165) is 0 Å². The topological polar surface area (TPSA) is 74.6 Å². The molecular weight excluding hydrogens is 327 g/mol. The van der Waals surface area contributed by atoms with Crippen molar-refractivity contribution in [2.75, 3.05) is 11.8 Å². The predicted molar refractivity (Wildman–Crippen MR) is 84.8 cm³/mol. The number of alkyl halides is 2. The van der Waals surface area contributed by atoms with Gasteiger partial charge in [-0.25, -0.2) is 9.59 Å². The number of hydrogen-bond donors (Lipinski definition) is 2. The second-order valence-corrected chi connectivity index (χ2v) is 4.59. The van der Waals surface area contributed by atoms with E-state index in [4.69, 9.17) is 23.2 Å². The summed E-state index contributed by atoms with van der Waals surface area (Å²) in [5, 5.41) is 18.5. The third kappa shape index (κ3) is 4.70. The van der Waals surface area contributed by atoms with Gasteiger partial charge >= 0.3 is 11.9 Å². The molecule has 4 nitrogen and oxygen atoms in total.